The maximum absolute atomic E-state index is 13.0. The SMILES string of the molecule is CC(C)(Oc1ccc(F)cc1)C(=O)OCC(=O)N(CCC(N)=O)c1ccccc1. The molecule has 0 heterocycles. The lowest BCUT2D eigenvalue weighted by atomic mass is 10.1. The number of amides is 2. The molecule has 0 aliphatic heterocycles. The fourth-order valence-corrected chi connectivity index (χ4v) is 2.45. The Kier molecular flexibility index (Phi) is 7.30. The van der Waals surface area contributed by atoms with Gasteiger partial charge in [0.2, 0.25) is 5.91 Å². The first-order chi connectivity index (χ1) is 13.7. The number of carbonyl (C=O) groups excluding carboxylic acids is 3. The number of halogens is 1. The molecule has 2 aromatic carbocycles. The van der Waals surface area contributed by atoms with E-state index in [4.69, 9.17) is 15.2 Å². The lowest BCUT2D eigenvalue weighted by Gasteiger charge is -2.26. The smallest absolute Gasteiger partial charge is 0.350 e. The van der Waals surface area contributed by atoms with Crippen molar-refractivity contribution >= 4 is 23.5 Å². The lowest BCUT2D eigenvalue weighted by Crippen LogP contribution is -2.43. The van der Waals surface area contributed by atoms with E-state index in [0.29, 0.717) is 5.69 Å². The van der Waals surface area contributed by atoms with Gasteiger partial charge in [-0.25, -0.2) is 9.18 Å². The summed E-state index contributed by atoms with van der Waals surface area (Å²) in [4.78, 5) is 37.4. The number of benzene rings is 2. The quantitative estimate of drug-likeness (QED) is 0.650. The van der Waals surface area contributed by atoms with E-state index in [0.717, 1.165) is 0 Å². The van der Waals surface area contributed by atoms with Crippen molar-refractivity contribution in [1.29, 1.82) is 0 Å². The van der Waals surface area contributed by atoms with Crippen LogP contribution in [0.15, 0.2) is 54.6 Å². The Bertz CT molecular complexity index is 853. The van der Waals surface area contributed by atoms with Crippen LogP contribution in [-0.2, 0) is 19.1 Å². The number of nitrogens with zero attached hydrogens (tertiary/aromatic N) is 1. The van der Waals surface area contributed by atoms with Crippen LogP contribution in [0.25, 0.3) is 0 Å². The van der Waals surface area contributed by atoms with Gasteiger partial charge in [-0.3, -0.25) is 9.59 Å². The third kappa shape index (κ3) is 6.60. The molecule has 0 aliphatic carbocycles. The van der Waals surface area contributed by atoms with Gasteiger partial charge in [-0.15, -0.1) is 0 Å². The molecule has 0 aliphatic rings. The van der Waals surface area contributed by atoms with Crippen LogP contribution in [0, 0.1) is 5.82 Å². The fraction of sp³-hybridized carbons (Fsp3) is 0.286. The van der Waals surface area contributed by atoms with Gasteiger partial charge in [0.15, 0.2) is 12.2 Å². The van der Waals surface area contributed by atoms with Crippen LogP contribution in [-0.4, -0.2) is 36.5 Å². The van der Waals surface area contributed by atoms with E-state index in [2.05, 4.69) is 0 Å². The van der Waals surface area contributed by atoms with Crippen molar-refractivity contribution in [2.45, 2.75) is 25.9 Å². The number of rotatable bonds is 9. The summed E-state index contributed by atoms with van der Waals surface area (Å²) in [7, 11) is 0. The number of para-hydroxylation sites is 1. The first-order valence-electron chi connectivity index (χ1n) is 8.94. The third-order valence-corrected chi connectivity index (χ3v) is 3.96. The Hall–Kier alpha value is -3.42. The molecule has 0 saturated heterocycles. The van der Waals surface area contributed by atoms with Crippen LogP contribution in [0.3, 0.4) is 0 Å². The average molecular weight is 402 g/mol. The molecule has 2 rings (SSSR count). The molecule has 0 atom stereocenters. The van der Waals surface area contributed by atoms with Crippen LogP contribution in [0.5, 0.6) is 5.75 Å². The van der Waals surface area contributed by atoms with Crippen LogP contribution >= 0.6 is 0 Å². The molecular formula is C21H23FN2O5. The van der Waals surface area contributed by atoms with Gasteiger partial charge in [-0.1, -0.05) is 18.2 Å². The van der Waals surface area contributed by atoms with E-state index in [1.165, 1.54) is 43.0 Å². The molecular weight excluding hydrogens is 379 g/mol. The van der Waals surface area contributed by atoms with Gasteiger partial charge in [-0.05, 0) is 50.2 Å². The topological polar surface area (TPSA) is 98.9 Å². The monoisotopic (exact) mass is 402 g/mol. The summed E-state index contributed by atoms with van der Waals surface area (Å²) >= 11 is 0. The van der Waals surface area contributed by atoms with E-state index >= 15 is 0 Å². The minimum absolute atomic E-state index is 0.0340. The van der Waals surface area contributed by atoms with Crippen molar-refractivity contribution in [2.24, 2.45) is 5.73 Å². The van der Waals surface area contributed by atoms with Gasteiger partial charge in [0.05, 0.1) is 0 Å². The van der Waals surface area contributed by atoms with E-state index in [1.54, 1.807) is 30.3 Å². The predicted octanol–water partition coefficient (Wildman–Crippen LogP) is 2.43. The van der Waals surface area contributed by atoms with E-state index in [1.807, 2.05) is 0 Å². The standard InChI is InChI=1S/C21H23FN2O5/c1-21(2,29-17-10-8-15(22)9-11-17)20(27)28-14-19(26)24(13-12-18(23)25)16-6-4-3-5-7-16/h3-11H,12-14H2,1-2H3,(H2,23,25). The number of nitrogens with two attached hydrogens (primary N) is 1. The Labute approximate surface area is 168 Å². The second-order valence-electron chi connectivity index (χ2n) is 6.74. The minimum Gasteiger partial charge on any atom is -0.476 e. The zero-order valence-corrected chi connectivity index (χ0v) is 16.3. The van der Waals surface area contributed by atoms with Crippen LogP contribution in [0.1, 0.15) is 20.3 Å². The molecule has 0 unspecified atom stereocenters. The van der Waals surface area contributed by atoms with E-state index in [9.17, 15) is 18.8 Å². The summed E-state index contributed by atoms with van der Waals surface area (Å²) in [6.07, 6.45) is -0.0340. The minimum atomic E-state index is -1.40. The molecule has 0 fully saturated rings. The van der Waals surface area contributed by atoms with Crippen molar-refractivity contribution in [3.63, 3.8) is 0 Å². The lowest BCUT2D eigenvalue weighted by molar-refractivity contribution is -0.161. The molecule has 0 radical (unpaired) electrons. The Morgan fingerprint density at radius 2 is 1.66 bits per heavy atom. The van der Waals surface area contributed by atoms with Crippen molar-refractivity contribution in [1.82, 2.24) is 0 Å². The van der Waals surface area contributed by atoms with Gasteiger partial charge in [0.25, 0.3) is 5.91 Å². The van der Waals surface area contributed by atoms with Crippen LogP contribution < -0.4 is 15.4 Å². The second kappa shape index (κ2) is 9.68. The zero-order valence-electron chi connectivity index (χ0n) is 16.3. The van der Waals surface area contributed by atoms with Gasteiger partial charge in [0.1, 0.15) is 11.6 Å². The molecule has 2 N–H and O–H groups in total. The molecule has 29 heavy (non-hydrogen) atoms. The number of esters is 1. The summed E-state index contributed by atoms with van der Waals surface area (Å²) in [6, 6.07) is 13.8. The highest BCUT2D eigenvalue weighted by Crippen LogP contribution is 2.20. The first-order valence-corrected chi connectivity index (χ1v) is 8.94. The zero-order chi connectivity index (χ0) is 21.4. The molecule has 8 heteroatoms. The molecule has 0 saturated carbocycles. The second-order valence-corrected chi connectivity index (χ2v) is 6.74. The summed E-state index contributed by atoms with van der Waals surface area (Å²) in [5.41, 5.74) is 4.33. The van der Waals surface area contributed by atoms with Gasteiger partial charge in [0, 0.05) is 18.7 Å². The summed E-state index contributed by atoms with van der Waals surface area (Å²) in [6.45, 7) is 2.48. The van der Waals surface area contributed by atoms with E-state index in [-0.39, 0.29) is 18.7 Å². The highest BCUT2D eigenvalue weighted by Gasteiger charge is 2.33. The Morgan fingerprint density at radius 1 is 1.03 bits per heavy atom. The van der Waals surface area contributed by atoms with Crippen LogP contribution in [0.4, 0.5) is 10.1 Å². The summed E-state index contributed by atoms with van der Waals surface area (Å²) in [5, 5.41) is 0. The first kappa shape index (κ1) is 21.9. The van der Waals surface area contributed by atoms with Crippen LogP contribution in [0.2, 0.25) is 0 Å². The Balaban J connectivity index is 2.00. The van der Waals surface area contributed by atoms with Crippen molar-refractivity contribution in [2.75, 3.05) is 18.1 Å². The number of hydrogen-bond acceptors (Lipinski definition) is 5. The normalized spacial score (nSPS) is 10.9. The molecule has 154 valence electrons. The van der Waals surface area contributed by atoms with Crippen molar-refractivity contribution in [3.05, 3.63) is 60.4 Å². The molecule has 0 bridgehead atoms. The molecule has 0 spiro atoms. The van der Waals surface area contributed by atoms with Gasteiger partial charge >= 0.3 is 5.97 Å². The number of carbonyl (C=O) groups is 3. The molecule has 7 nitrogen and oxygen atoms in total. The largest absolute Gasteiger partial charge is 0.476 e. The van der Waals surface area contributed by atoms with Gasteiger partial charge < -0.3 is 20.1 Å². The number of anilines is 1. The predicted molar refractivity (Wildman–Crippen MR) is 105 cm³/mol. The number of ether oxygens (including phenoxy) is 2. The number of primary amides is 1. The van der Waals surface area contributed by atoms with E-state index < -0.39 is 35.8 Å². The molecule has 2 aromatic rings. The molecule has 2 amide bonds. The van der Waals surface area contributed by atoms with Crippen molar-refractivity contribution < 1.29 is 28.2 Å². The fourth-order valence-electron chi connectivity index (χ4n) is 2.45. The maximum Gasteiger partial charge on any atom is 0.350 e. The van der Waals surface area contributed by atoms with Gasteiger partial charge in [-0.2, -0.15) is 0 Å². The average Bonchev–Trinajstić information content (AvgIpc) is 2.68. The third-order valence-electron chi connectivity index (χ3n) is 3.96. The highest BCUT2D eigenvalue weighted by molar-refractivity contribution is 5.96. The maximum atomic E-state index is 13.0. The Morgan fingerprint density at radius 3 is 2.24 bits per heavy atom. The molecule has 0 aromatic heterocycles. The highest BCUT2D eigenvalue weighted by atomic mass is 19.1. The van der Waals surface area contributed by atoms with Crippen molar-refractivity contribution in [3.8, 4) is 5.75 Å². The summed E-state index contributed by atoms with van der Waals surface area (Å²) in [5.74, 6) is -1.97. The summed E-state index contributed by atoms with van der Waals surface area (Å²) < 4.78 is 23.7. The number of hydrogen-bond donors (Lipinski definition) is 1.